The van der Waals surface area contributed by atoms with Crippen LogP contribution in [0, 0.1) is 16.0 Å². The molecule has 0 aliphatic carbocycles. The molecule has 1 aliphatic heterocycles. The fourth-order valence-corrected chi connectivity index (χ4v) is 2.87. The van der Waals surface area contributed by atoms with E-state index >= 15 is 0 Å². The molecule has 3 N–H and O–H groups in total. The molecule has 1 aliphatic rings. The number of nitrogens with two attached hydrogens (primary N) is 1. The Morgan fingerprint density at radius 1 is 1.46 bits per heavy atom. The van der Waals surface area contributed by atoms with E-state index in [0.717, 1.165) is 6.42 Å². The Morgan fingerprint density at radius 2 is 2.12 bits per heavy atom. The average Bonchev–Trinajstić information content (AvgIpc) is 3.10. The van der Waals surface area contributed by atoms with E-state index in [9.17, 15) is 19.7 Å². The molecule has 1 saturated heterocycles. The standard InChI is InChI=1S/C15H21BrN6O4/c1-3-9(2)12(17)14(23)20-5-4-6-21(20)15(24)19-13-11(22(25)26)7-10(16)8-18-13/h7-9,12H,3-6,17H2,1-2H3,(H,18,19,24). The van der Waals surface area contributed by atoms with Crippen molar-refractivity contribution in [3.8, 4) is 0 Å². The van der Waals surface area contributed by atoms with Crippen molar-refractivity contribution in [3.63, 3.8) is 0 Å². The largest absolute Gasteiger partial charge is 0.342 e. The van der Waals surface area contributed by atoms with Gasteiger partial charge in [-0.15, -0.1) is 0 Å². The summed E-state index contributed by atoms with van der Waals surface area (Å²) < 4.78 is 0.416. The van der Waals surface area contributed by atoms with E-state index in [2.05, 4.69) is 26.2 Å². The van der Waals surface area contributed by atoms with E-state index in [1.54, 1.807) is 0 Å². The van der Waals surface area contributed by atoms with Gasteiger partial charge >= 0.3 is 11.7 Å². The molecule has 1 aromatic rings. The number of aromatic nitrogens is 1. The van der Waals surface area contributed by atoms with Crippen LogP contribution < -0.4 is 11.1 Å². The third-order valence-corrected chi connectivity index (χ3v) is 4.75. The highest BCUT2D eigenvalue weighted by molar-refractivity contribution is 9.10. The highest BCUT2D eigenvalue weighted by Gasteiger charge is 2.35. The summed E-state index contributed by atoms with van der Waals surface area (Å²) in [4.78, 5) is 39.5. The second-order valence-corrected chi connectivity index (χ2v) is 6.97. The molecule has 3 amide bonds. The van der Waals surface area contributed by atoms with Crippen molar-refractivity contribution in [3.05, 3.63) is 26.9 Å². The number of nitrogens with one attached hydrogen (secondary N) is 1. The van der Waals surface area contributed by atoms with Crippen LogP contribution in [-0.2, 0) is 4.79 Å². The van der Waals surface area contributed by atoms with E-state index in [-0.39, 0.29) is 23.3 Å². The molecular formula is C15H21BrN6O4. The van der Waals surface area contributed by atoms with Crippen LogP contribution in [0.1, 0.15) is 26.7 Å². The Labute approximate surface area is 159 Å². The van der Waals surface area contributed by atoms with Crippen LogP contribution in [0.5, 0.6) is 0 Å². The van der Waals surface area contributed by atoms with Crippen LogP contribution in [0.4, 0.5) is 16.3 Å². The summed E-state index contributed by atoms with van der Waals surface area (Å²) in [6.45, 7) is 4.49. The molecular weight excluding hydrogens is 408 g/mol. The van der Waals surface area contributed by atoms with Gasteiger partial charge in [-0.2, -0.15) is 0 Å². The summed E-state index contributed by atoms with van der Waals surface area (Å²) in [6, 6.07) is -0.132. The molecule has 1 fully saturated rings. The first-order valence-electron chi connectivity index (χ1n) is 8.21. The normalized spacial score (nSPS) is 16.3. The third kappa shape index (κ3) is 4.28. The van der Waals surface area contributed by atoms with Crippen LogP contribution in [0.3, 0.4) is 0 Å². The number of carbonyl (C=O) groups excluding carboxylic acids is 2. The minimum atomic E-state index is -0.714. The van der Waals surface area contributed by atoms with Gasteiger partial charge in [0.15, 0.2) is 0 Å². The molecule has 1 aromatic heterocycles. The molecule has 0 saturated carbocycles. The number of nitrogens with zero attached hydrogens (tertiary/aromatic N) is 4. The van der Waals surface area contributed by atoms with Crippen molar-refractivity contribution in [1.82, 2.24) is 15.0 Å². The Balaban J connectivity index is 2.16. The number of rotatable bonds is 5. The first kappa shape index (κ1) is 20.0. The number of carbonyl (C=O) groups is 2. The van der Waals surface area contributed by atoms with Gasteiger partial charge in [0.25, 0.3) is 5.91 Å². The van der Waals surface area contributed by atoms with Gasteiger partial charge in [-0.3, -0.25) is 20.2 Å². The maximum absolute atomic E-state index is 12.6. The summed E-state index contributed by atoms with van der Waals surface area (Å²) in [5.74, 6) is -0.554. The zero-order valence-electron chi connectivity index (χ0n) is 14.5. The van der Waals surface area contributed by atoms with Crippen LogP contribution in [-0.4, -0.2) is 51.0 Å². The highest BCUT2D eigenvalue weighted by Crippen LogP contribution is 2.26. The van der Waals surface area contributed by atoms with E-state index in [0.29, 0.717) is 24.0 Å². The zero-order chi connectivity index (χ0) is 19.4. The number of nitro groups is 1. The predicted octanol–water partition coefficient (Wildman–Crippen LogP) is 2.11. The smallest absolute Gasteiger partial charge is 0.320 e. The molecule has 2 unspecified atom stereocenters. The summed E-state index contributed by atoms with van der Waals surface area (Å²) in [7, 11) is 0. The molecule has 0 bridgehead atoms. The van der Waals surface area contributed by atoms with Crippen molar-refractivity contribution in [2.45, 2.75) is 32.7 Å². The minimum Gasteiger partial charge on any atom is -0.320 e. The van der Waals surface area contributed by atoms with Crippen LogP contribution in [0.15, 0.2) is 16.7 Å². The van der Waals surface area contributed by atoms with Gasteiger partial charge in [0.05, 0.1) is 11.0 Å². The van der Waals surface area contributed by atoms with Crippen molar-refractivity contribution in [2.24, 2.45) is 11.7 Å². The molecule has 0 radical (unpaired) electrons. The fourth-order valence-electron chi connectivity index (χ4n) is 2.55. The lowest BCUT2D eigenvalue weighted by Crippen LogP contribution is -2.53. The molecule has 10 nitrogen and oxygen atoms in total. The van der Waals surface area contributed by atoms with Gasteiger partial charge in [0.2, 0.25) is 5.82 Å². The predicted molar refractivity (Wildman–Crippen MR) is 98.1 cm³/mol. The number of pyridine rings is 1. The Bertz CT molecular complexity index is 715. The van der Waals surface area contributed by atoms with Gasteiger partial charge in [-0.25, -0.2) is 19.8 Å². The van der Waals surface area contributed by atoms with Crippen molar-refractivity contribution >= 4 is 39.4 Å². The Morgan fingerprint density at radius 3 is 2.73 bits per heavy atom. The van der Waals surface area contributed by atoms with Gasteiger partial charge in [0, 0.05) is 29.8 Å². The van der Waals surface area contributed by atoms with Crippen LogP contribution in [0.2, 0.25) is 0 Å². The van der Waals surface area contributed by atoms with Gasteiger partial charge in [-0.05, 0) is 28.3 Å². The summed E-state index contributed by atoms with van der Waals surface area (Å²) in [6.07, 6.45) is 2.68. The molecule has 2 rings (SSSR count). The quantitative estimate of drug-likeness (QED) is 0.544. The van der Waals surface area contributed by atoms with Gasteiger partial charge in [0.1, 0.15) is 0 Å². The number of hydrogen-bond acceptors (Lipinski definition) is 6. The third-order valence-electron chi connectivity index (χ3n) is 4.32. The number of urea groups is 1. The Kier molecular flexibility index (Phi) is 6.48. The lowest BCUT2D eigenvalue weighted by molar-refractivity contribution is -0.384. The van der Waals surface area contributed by atoms with E-state index in [1.807, 2.05) is 13.8 Å². The topological polar surface area (TPSA) is 135 Å². The van der Waals surface area contributed by atoms with Gasteiger partial charge in [-0.1, -0.05) is 20.3 Å². The first-order chi connectivity index (χ1) is 12.3. The van der Waals surface area contributed by atoms with Crippen molar-refractivity contribution in [1.29, 1.82) is 0 Å². The van der Waals surface area contributed by atoms with E-state index in [4.69, 9.17) is 5.73 Å². The summed E-state index contributed by atoms with van der Waals surface area (Å²) in [5, 5.41) is 16.1. The monoisotopic (exact) mass is 428 g/mol. The molecule has 2 atom stereocenters. The molecule has 11 heteroatoms. The molecule has 0 spiro atoms. The SMILES string of the molecule is CCC(C)C(N)C(=O)N1CCCN1C(=O)Nc1ncc(Br)cc1[N+](=O)[O-]. The molecule has 2 heterocycles. The number of hydrogen-bond donors (Lipinski definition) is 2. The number of halogens is 1. The van der Waals surface area contributed by atoms with Crippen LogP contribution in [0.25, 0.3) is 0 Å². The second-order valence-electron chi connectivity index (χ2n) is 6.06. The molecule has 142 valence electrons. The summed E-state index contributed by atoms with van der Waals surface area (Å²) in [5.41, 5.74) is 5.64. The fraction of sp³-hybridized carbons (Fsp3) is 0.533. The maximum atomic E-state index is 12.6. The lowest BCUT2D eigenvalue weighted by Gasteiger charge is -2.31. The zero-order valence-corrected chi connectivity index (χ0v) is 16.1. The molecule has 26 heavy (non-hydrogen) atoms. The molecule has 0 aromatic carbocycles. The maximum Gasteiger partial charge on any atom is 0.342 e. The Hall–Kier alpha value is -2.27. The summed E-state index contributed by atoms with van der Waals surface area (Å²) >= 11 is 3.11. The lowest BCUT2D eigenvalue weighted by atomic mass is 9.99. The van der Waals surface area contributed by atoms with Gasteiger partial charge < -0.3 is 5.73 Å². The minimum absolute atomic E-state index is 0.0257. The van der Waals surface area contributed by atoms with E-state index in [1.165, 1.54) is 22.3 Å². The van der Waals surface area contributed by atoms with Crippen LogP contribution >= 0.6 is 15.9 Å². The first-order valence-corrected chi connectivity index (χ1v) is 9.00. The average molecular weight is 429 g/mol. The number of amides is 3. The van der Waals surface area contributed by atoms with E-state index < -0.39 is 17.0 Å². The number of hydrazine groups is 1. The second kappa shape index (κ2) is 8.41. The highest BCUT2D eigenvalue weighted by atomic mass is 79.9. The number of anilines is 1. The van der Waals surface area contributed by atoms with Crippen molar-refractivity contribution < 1.29 is 14.5 Å². The van der Waals surface area contributed by atoms with Crippen molar-refractivity contribution in [2.75, 3.05) is 18.4 Å².